The van der Waals surface area contributed by atoms with Crippen molar-refractivity contribution in [3.05, 3.63) is 23.0 Å². The maximum absolute atomic E-state index is 12.3. The zero-order valence-corrected chi connectivity index (χ0v) is 10.6. The Hall–Kier alpha value is -1.29. The summed E-state index contributed by atoms with van der Waals surface area (Å²) in [7, 11) is 0. The van der Waals surface area contributed by atoms with Crippen LogP contribution >= 0.6 is 11.6 Å². The van der Waals surface area contributed by atoms with Gasteiger partial charge in [-0.05, 0) is 32.3 Å². The molecule has 1 aromatic rings. The Labute approximate surface area is 106 Å². The third kappa shape index (κ3) is 2.52. The topological polar surface area (TPSA) is 59.2 Å². The molecule has 1 aliphatic rings. The van der Waals surface area contributed by atoms with E-state index in [2.05, 4.69) is 11.9 Å². The van der Waals surface area contributed by atoms with Crippen molar-refractivity contribution in [1.82, 2.24) is 9.88 Å². The predicted octanol–water partition coefficient (Wildman–Crippen LogP) is 2.33. The molecule has 0 aromatic carbocycles. The minimum atomic E-state index is -0.0676. The molecule has 1 aromatic heterocycles. The quantitative estimate of drug-likeness (QED) is 0.782. The van der Waals surface area contributed by atoms with Gasteiger partial charge in [0.2, 0.25) is 0 Å². The van der Waals surface area contributed by atoms with Crippen molar-refractivity contribution in [1.29, 1.82) is 0 Å². The summed E-state index contributed by atoms with van der Waals surface area (Å²) >= 11 is 5.94. The van der Waals surface area contributed by atoms with E-state index in [9.17, 15) is 4.79 Å². The zero-order chi connectivity index (χ0) is 12.4. The van der Waals surface area contributed by atoms with E-state index in [4.69, 9.17) is 17.3 Å². The molecule has 0 aliphatic carbocycles. The summed E-state index contributed by atoms with van der Waals surface area (Å²) in [5, 5.41) is 0.224. The van der Waals surface area contributed by atoms with Gasteiger partial charge in [-0.1, -0.05) is 11.6 Å². The van der Waals surface area contributed by atoms with Gasteiger partial charge < -0.3 is 10.6 Å². The number of rotatable bonds is 1. The summed E-state index contributed by atoms with van der Waals surface area (Å²) < 4.78 is 0. The molecule has 17 heavy (non-hydrogen) atoms. The van der Waals surface area contributed by atoms with E-state index < -0.39 is 0 Å². The Kier molecular flexibility index (Phi) is 3.52. The molecular weight excluding hydrogens is 238 g/mol. The van der Waals surface area contributed by atoms with E-state index in [1.54, 1.807) is 6.07 Å². The number of anilines is 1. The first kappa shape index (κ1) is 12.2. The highest BCUT2D eigenvalue weighted by molar-refractivity contribution is 6.32. The zero-order valence-electron chi connectivity index (χ0n) is 9.82. The van der Waals surface area contributed by atoms with Crippen LogP contribution in [0.15, 0.2) is 12.3 Å². The normalized spacial score (nSPS) is 20.4. The van der Waals surface area contributed by atoms with Crippen molar-refractivity contribution in [2.75, 3.05) is 12.3 Å². The van der Waals surface area contributed by atoms with E-state index in [0.717, 1.165) is 19.4 Å². The number of piperidine rings is 1. The van der Waals surface area contributed by atoms with Crippen LogP contribution in [0.1, 0.15) is 36.5 Å². The molecule has 1 unspecified atom stereocenters. The summed E-state index contributed by atoms with van der Waals surface area (Å²) in [6.07, 6.45) is 4.72. The summed E-state index contributed by atoms with van der Waals surface area (Å²) in [6, 6.07) is 1.85. The third-order valence-corrected chi connectivity index (χ3v) is 3.46. The number of likely N-dealkylation sites (tertiary alicyclic amines) is 1. The van der Waals surface area contributed by atoms with E-state index in [1.165, 1.54) is 12.6 Å². The maximum atomic E-state index is 12.3. The molecule has 4 nitrogen and oxygen atoms in total. The first-order valence-electron chi connectivity index (χ1n) is 5.81. The smallest absolute Gasteiger partial charge is 0.257 e. The summed E-state index contributed by atoms with van der Waals surface area (Å²) in [5.74, 6) is -0.0676. The monoisotopic (exact) mass is 253 g/mol. The summed E-state index contributed by atoms with van der Waals surface area (Å²) in [4.78, 5) is 18.1. The average Bonchev–Trinajstić information content (AvgIpc) is 2.32. The fourth-order valence-corrected chi connectivity index (χ4v) is 2.35. The number of hydrogen-bond acceptors (Lipinski definition) is 3. The molecule has 1 aliphatic heterocycles. The van der Waals surface area contributed by atoms with Crippen LogP contribution < -0.4 is 5.73 Å². The Morgan fingerprint density at radius 2 is 2.35 bits per heavy atom. The van der Waals surface area contributed by atoms with Gasteiger partial charge in [0.1, 0.15) is 5.15 Å². The lowest BCUT2D eigenvalue weighted by atomic mass is 10.0. The maximum Gasteiger partial charge on any atom is 0.257 e. The van der Waals surface area contributed by atoms with Crippen LogP contribution in [-0.2, 0) is 0 Å². The highest BCUT2D eigenvalue weighted by Crippen LogP contribution is 2.23. The molecule has 2 rings (SSSR count). The Bertz CT molecular complexity index is 436. The summed E-state index contributed by atoms with van der Waals surface area (Å²) in [6.45, 7) is 2.84. The van der Waals surface area contributed by atoms with Crippen LogP contribution in [0.4, 0.5) is 5.69 Å². The van der Waals surface area contributed by atoms with Crippen LogP contribution in [0.2, 0.25) is 5.15 Å². The number of carbonyl (C=O) groups is 1. The predicted molar refractivity (Wildman–Crippen MR) is 68.0 cm³/mol. The van der Waals surface area contributed by atoms with Gasteiger partial charge in [0, 0.05) is 12.6 Å². The molecular formula is C12H16ClN3O. The van der Waals surface area contributed by atoms with Gasteiger partial charge in [-0.3, -0.25) is 4.79 Å². The van der Waals surface area contributed by atoms with Crippen molar-refractivity contribution in [2.45, 2.75) is 32.2 Å². The van der Waals surface area contributed by atoms with E-state index in [1.807, 2.05) is 4.90 Å². The molecule has 92 valence electrons. The van der Waals surface area contributed by atoms with E-state index in [0.29, 0.717) is 11.3 Å². The number of halogens is 1. The molecule has 1 saturated heterocycles. The van der Waals surface area contributed by atoms with Crippen molar-refractivity contribution in [3.63, 3.8) is 0 Å². The standard InChI is InChI=1S/C12H16ClN3O/c1-8-4-2-3-5-16(8)12(17)10-6-9(14)7-15-11(10)13/h6-8H,2-5,14H2,1H3. The van der Waals surface area contributed by atoms with Crippen LogP contribution in [0.25, 0.3) is 0 Å². The second kappa shape index (κ2) is 4.92. The molecule has 0 bridgehead atoms. The molecule has 1 fully saturated rings. The van der Waals surface area contributed by atoms with Crippen LogP contribution in [0, 0.1) is 0 Å². The van der Waals surface area contributed by atoms with Crippen molar-refractivity contribution < 1.29 is 4.79 Å². The number of nitrogens with zero attached hydrogens (tertiary/aromatic N) is 2. The number of amides is 1. The van der Waals surface area contributed by atoms with Crippen molar-refractivity contribution in [3.8, 4) is 0 Å². The lowest BCUT2D eigenvalue weighted by Crippen LogP contribution is -2.42. The second-order valence-electron chi connectivity index (χ2n) is 4.45. The van der Waals surface area contributed by atoms with E-state index in [-0.39, 0.29) is 17.1 Å². The van der Waals surface area contributed by atoms with E-state index >= 15 is 0 Å². The third-order valence-electron chi connectivity index (χ3n) is 3.15. The molecule has 0 saturated carbocycles. The second-order valence-corrected chi connectivity index (χ2v) is 4.81. The van der Waals surface area contributed by atoms with Gasteiger partial charge in [-0.2, -0.15) is 0 Å². The van der Waals surface area contributed by atoms with Gasteiger partial charge in [0.25, 0.3) is 5.91 Å². The summed E-state index contributed by atoms with van der Waals surface area (Å²) in [5.41, 5.74) is 6.50. The molecule has 2 N–H and O–H groups in total. The van der Waals surface area contributed by atoms with Gasteiger partial charge in [-0.15, -0.1) is 0 Å². The van der Waals surface area contributed by atoms with Gasteiger partial charge >= 0.3 is 0 Å². The molecule has 0 radical (unpaired) electrons. The molecule has 5 heteroatoms. The van der Waals surface area contributed by atoms with Gasteiger partial charge in [-0.25, -0.2) is 4.98 Å². The minimum absolute atomic E-state index is 0.0676. The number of hydrogen-bond donors (Lipinski definition) is 1. The highest BCUT2D eigenvalue weighted by atomic mass is 35.5. The lowest BCUT2D eigenvalue weighted by molar-refractivity contribution is 0.0635. The molecule has 0 spiro atoms. The average molecular weight is 254 g/mol. The van der Waals surface area contributed by atoms with Gasteiger partial charge in [0.05, 0.1) is 17.4 Å². The Morgan fingerprint density at radius 3 is 3.06 bits per heavy atom. The van der Waals surface area contributed by atoms with Crippen LogP contribution in [-0.4, -0.2) is 28.4 Å². The minimum Gasteiger partial charge on any atom is -0.397 e. The SMILES string of the molecule is CC1CCCCN1C(=O)c1cc(N)cnc1Cl. The molecule has 1 amide bonds. The Morgan fingerprint density at radius 1 is 1.59 bits per heavy atom. The first-order chi connectivity index (χ1) is 8.09. The van der Waals surface area contributed by atoms with Gasteiger partial charge in [0.15, 0.2) is 0 Å². The van der Waals surface area contributed by atoms with Crippen molar-refractivity contribution in [2.24, 2.45) is 0 Å². The fraction of sp³-hybridized carbons (Fsp3) is 0.500. The molecule has 1 atom stereocenters. The largest absolute Gasteiger partial charge is 0.397 e. The van der Waals surface area contributed by atoms with Crippen LogP contribution in [0.3, 0.4) is 0 Å². The first-order valence-corrected chi connectivity index (χ1v) is 6.19. The highest BCUT2D eigenvalue weighted by Gasteiger charge is 2.26. The number of nitrogen functional groups attached to an aromatic ring is 1. The number of aromatic nitrogens is 1. The van der Waals surface area contributed by atoms with Crippen molar-refractivity contribution >= 4 is 23.2 Å². The lowest BCUT2D eigenvalue weighted by Gasteiger charge is -2.33. The molecule has 2 heterocycles. The number of nitrogens with two attached hydrogens (primary N) is 1. The number of carbonyl (C=O) groups excluding carboxylic acids is 1. The Balaban J connectivity index is 2.26. The number of pyridine rings is 1. The van der Waals surface area contributed by atoms with Crippen LogP contribution in [0.5, 0.6) is 0 Å². The fourth-order valence-electron chi connectivity index (χ4n) is 2.17.